The number of carbonyl (C=O) groups is 1. The van der Waals surface area contributed by atoms with E-state index in [0.29, 0.717) is 5.56 Å². The van der Waals surface area contributed by atoms with Gasteiger partial charge in [0.1, 0.15) is 6.61 Å². The molecule has 0 aliphatic rings. The number of benzene rings is 1. The van der Waals surface area contributed by atoms with Crippen LogP contribution in [-0.4, -0.2) is 33.3 Å². The molecule has 1 aromatic carbocycles. The van der Waals surface area contributed by atoms with Crippen molar-refractivity contribution in [2.75, 3.05) is 20.8 Å². The largest absolute Gasteiger partial charge is 0.493 e. The van der Waals surface area contributed by atoms with E-state index in [1.54, 1.807) is 6.07 Å². The van der Waals surface area contributed by atoms with Crippen molar-refractivity contribution in [2.24, 2.45) is 0 Å². The van der Waals surface area contributed by atoms with Crippen LogP contribution in [0.5, 0.6) is 11.5 Å². The molecule has 0 bridgehead atoms. The van der Waals surface area contributed by atoms with Gasteiger partial charge in [-0.2, -0.15) is 8.78 Å². The number of ether oxygens (including phenoxy) is 3. The molecule has 0 spiro atoms. The number of alkyl halides is 2. The molecule has 0 saturated heterocycles. The normalized spacial score (nSPS) is 10.4. The Balaban J connectivity index is 2.68. The Hall–Kier alpha value is -1.89. The minimum absolute atomic E-state index is 0.0380. The van der Waals surface area contributed by atoms with Crippen molar-refractivity contribution >= 4 is 5.91 Å². The van der Waals surface area contributed by atoms with E-state index in [1.165, 1.54) is 26.4 Å². The first-order valence-corrected chi connectivity index (χ1v) is 5.44. The van der Waals surface area contributed by atoms with Crippen molar-refractivity contribution in [1.82, 2.24) is 5.32 Å². The van der Waals surface area contributed by atoms with Crippen LogP contribution in [-0.2, 0) is 16.1 Å². The molecule has 19 heavy (non-hydrogen) atoms. The molecule has 0 fully saturated rings. The highest BCUT2D eigenvalue weighted by atomic mass is 19.3. The highest BCUT2D eigenvalue weighted by Crippen LogP contribution is 2.29. The van der Waals surface area contributed by atoms with Gasteiger partial charge < -0.3 is 19.5 Å². The molecule has 0 aromatic heterocycles. The maximum absolute atomic E-state index is 12.1. The SMILES string of the molecule is COCC(=O)NCc1ccc(OC(F)F)c(OC)c1. The van der Waals surface area contributed by atoms with Crippen LogP contribution >= 0.6 is 0 Å². The molecule has 0 heterocycles. The summed E-state index contributed by atoms with van der Waals surface area (Å²) in [5.74, 6) is -0.141. The maximum atomic E-state index is 12.1. The number of nitrogens with one attached hydrogen (secondary N) is 1. The molecule has 0 unspecified atom stereocenters. The molecule has 0 aliphatic carbocycles. The molecule has 106 valence electrons. The van der Waals surface area contributed by atoms with Crippen molar-refractivity contribution < 1.29 is 27.8 Å². The summed E-state index contributed by atoms with van der Waals surface area (Å²) in [7, 11) is 2.76. The van der Waals surface area contributed by atoms with Crippen LogP contribution in [0.1, 0.15) is 5.56 Å². The highest BCUT2D eigenvalue weighted by molar-refractivity contribution is 5.77. The Kier molecular flexibility index (Phi) is 6.01. The van der Waals surface area contributed by atoms with Crippen LogP contribution in [0, 0.1) is 0 Å². The summed E-state index contributed by atoms with van der Waals surface area (Å²) in [5, 5.41) is 2.60. The first kappa shape index (κ1) is 15.2. The summed E-state index contributed by atoms with van der Waals surface area (Å²) < 4.78 is 38.1. The van der Waals surface area contributed by atoms with E-state index in [2.05, 4.69) is 14.8 Å². The molecule has 0 aliphatic heterocycles. The Bertz CT molecular complexity index is 426. The number of methoxy groups -OCH3 is 2. The van der Waals surface area contributed by atoms with Crippen molar-refractivity contribution in [2.45, 2.75) is 13.2 Å². The summed E-state index contributed by atoms with van der Waals surface area (Å²) in [5.41, 5.74) is 0.697. The molecule has 0 atom stereocenters. The van der Waals surface area contributed by atoms with Crippen LogP contribution < -0.4 is 14.8 Å². The van der Waals surface area contributed by atoms with Crippen LogP contribution in [0.15, 0.2) is 18.2 Å². The third-order valence-electron chi connectivity index (χ3n) is 2.21. The first-order chi connectivity index (χ1) is 9.06. The molecule has 1 N–H and O–H groups in total. The van der Waals surface area contributed by atoms with E-state index < -0.39 is 6.61 Å². The van der Waals surface area contributed by atoms with Gasteiger partial charge >= 0.3 is 6.61 Å². The molecule has 0 radical (unpaired) electrons. The summed E-state index contributed by atoms with van der Waals surface area (Å²) in [6, 6.07) is 4.45. The minimum Gasteiger partial charge on any atom is -0.493 e. The Morgan fingerprint density at radius 3 is 2.63 bits per heavy atom. The summed E-state index contributed by atoms with van der Waals surface area (Å²) in [4.78, 5) is 11.2. The minimum atomic E-state index is -2.92. The second kappa shape index (κ2) is 7.52. The average Bonchev–Trinajstić information content (AvgIpc) is 2.37. The second-order valence-electron chi connectivity index (χ2n) is 3.57. The highest BCUT2D eigenvalue weighted by Gasteiger charge is 2.11. The summed E-state index contributed by atoms with van der Waals surface area (Å²) in [6.45, 7) is -2.71. The second-order valence-corrected chi connectivity index (χ2v) is 3.57. The predicted octanol–water partition coefficient (Wildman–Crippen LogP) is 1.56. The topological polar surface area (TPSA) is 56.8 Å². The van der Waals surface area contributed by atoms with Crippen LogP contribution in [0.2, 0.25) is 0 Å². The first-order valence-electron chi connectivity index (χ1n) is 5.44. The zero-order chi connectivity index (χ0) is 14.3. The van der Waals surface area contributed by atoms with Gasteiger partial charge in [-0.3, -0.25) is 4.79 Å². The predicted molar refractivity (Wildman–Crippen MR) is 63.3 cm³/mol. The molecular weight excluding hydrogens is 260 g/mol. The fourth-order valence-electron chi connectivity index (χ4n) is 1.40. The zero-order valence-electron chi connectivity index (χ0n) is 10.6. The molecule has 1 rings (SSSR count). The smallest absolute Gasteiger partial charge is 0.387 e. The van der Waals surface area contributed by atoms with E-state index >= 15 is 0 Å². The molecular formula is C12H15F2NO4. The fourth-order valence-corrected chi connectivity index (χ4v) is 1.40. The number of hydrogen-bond acceptors (Lipinski definition) is 4. The maximum Gasteiger partial charge on any atom is 0.387 e. The molecule has 1 amide bonds. The van der Waals surface area contributed by atoms with Gasteiger partial charge in [-0.15, -0.1) is 0 Å². The Labute approximate surface area is 109 Å². The monoisotopic (exact) mass is 275 g/mol. The Morgan fingerprint density at radius 2 is 2.05 bits per heavy atom. The van der Waals surface area contributed by atoms with Gasteiger partial charge in [0, 0.05) is 13.7 Å². The lowest BCUT2D eigenvalue weighted by atomic mass is 10.2. The van der Waals surface area contributed by atoms with E-state index in [-0.39, 0.29) is 30.6 Å². The average molecular weight is 275 g/mol. The van der Waals surface area contributed by atoms with E-state index in [9.17, 15) is 13.6 Å². The lowest BCUT2D eigenvalue weighted by Crippen LogP contribution is -2.26. The Morgan fingerprint density at radius 1 is 1.32 bits per heavy atom. The van der Waals surface area contributed by atoms with Crippen LogP contribution in [0.4, 0.5) is 8.78 Å². The van der Waals surface area contributed by atoms with E-state index in [4.69, 9.17) is 4.74 Å². The number of carbonyl (C=O) groups excluding carboxylic acids is 1. The standard InChI is InChI=1S/C12H15F2NO4/c1-17-7-11(16)15-6-8-3-4-9(19-12(13)14)10(5-8)18-2/h3-5,12H,6-7H2,1-2H3,(H,15,16). The van der Waals surface area contributed by atoms with Gasteiger partial charge in [-0.05, 0) is 17.7 Å². The third-order valence-corrected chi connectivity index (χ3v) is 2.21. The number of rotatable bonds is 7. The fraction of sp³-hybridized carbons (Fsp3) is 0.417. The van der Waals surface area contributed by atoms with Gasteiger partial charge in [0.2, 0.25) is 5.91 Å². The molecule has 1 aromatic rings. The van der Waals surface area contributed by atoms with Gasteiger partial charge in [0.05, 0.1) is 7.11 Å². The van der Waals surface area contributed by atoms with Crippen LogP contribution in [0.3, 0.4) is 0 Å². The zero-order valence-corrected chi connectivity index (χ0v) is 10.6. The van der Waals surface area contributed by atoms with Crippen molar-refractivity contribution in [3.8, 4) is 11.5 Å². The summed E-state index contributed by atoms with van der Waals surface area (Å²) >= 11 is 0. The van der Waals surface area contributed by atoms with Gasteiger partial charge in [0.25, 0.3) is 0 Å². The molecule has 0 saturated carbocycles. The lowest BCUT2D eigenvalue weighted by Gasteiger charge is -2.11. The number of amides is 1. The number of halogens is 2. The van der Waals surface area contributed by atoms with E-state index in [1.807, 2.05) is 0 Å². The quantitative estimate of drug-likeness (QED) is 0.820. The van der Waals surface area contributed by atoms with Crippen molar-refractivity contribution in [1.29, 1.82) is 0 Å². The van der Waals surface area contributed by atoms with Gasteiger partial charge in [0.15, 0.2) is 11.5 Å². The molecule has 7 heteroatoms. The third kappa shape index (κ3) is 5.09. The number of hydrogen-bond donors (Lipinski definition) is 1. The van der Waals surface area contributed by atoms with Crippen LogP contribution in [0.25, 0.3) is 0 Å². The van der Waals surface area contributed by atoms with Crippen molar-refractivity contribution in [3.05, 3.63) is 23.8 Å². The van der Waals surface area contributed by atoms with Gasteiger partial charge in [-0.25, -0.2) is 0 Å². The summed E-state index contributed by atoms with van der Waals surface area (Å²) in [6.07, 6.45) is 0. The van der Waals surface area contributed by atoms with Crippen molar-refractivity contribution in [3.63, 3.8) is 0 Å². The molecule has 5 nitrogen and oxygen atoms in total. The van der Waals surface area contributed by atoms with E-state index in [0.717, 1.165) is 0 Å². The lowest BCUT2D eigenvalue weighted by molar-refractivity contribution is -0.124. The van der Waals surface area contributed by atoms with Gasteiger partial charge in [-0.1, -0.05) is 6.07 Å².